The Labute approximate surface area is 569 Å². The monoisotopic (exact) mass is 1360 g/mol. The molecular weight excluding hydrogens is 1230 g/mol. The van der Waals surface area contributed by atoms with E-state index < -0.39 is 97.5 Å². The summed E-state index contributed by atoms with van der Waals surface area (Å²) >= 11 is 0. The third-order valence-electron chi connectivity index (χ3n) is 14.7. The minimum absolute atomic E-state index is 0.0634. The summed E-state index contributed by atoms with van der Waals surface area (Å²) < 4.78 is 68.1. The Morgan fingerprint density at radius 2 is 0.606 bits per heavy atom. The van der Waals surface area contributed by atoms with Gasteiger partial charge in [-0.3, -0.25) is 37.3 Å². The molecule has 5 unspecified atom stereocenters. The van der Waals surface area contributed by atoms with Crippen LogP contribution >= 0.6 is 15.6 Å². The molecule has 0 aliphatic heterocycles. The van der Waals surface area contributed by atoms with Crippen molar-refractivity contribution < 1.29 is 80.2 Å². The standard InChI is InChI=1S/C75H128O17P2/c1-5-9-13-17-21-25-29-32-34-37-40-43-47-51-55-59-72(77)85-65-70(91-74(79)61-57-53-49-45-39-28-24-20-16-12-8-4)67-89-93(81,82)87-63-69(76)64-88-94(83,84)90-68-71(92-75(80)62-58-54-50-46-42-36-31-27-23-19-15-11-7-3)66-86-73(78)60-56-52-48-44-41-38-35-33-30-26-22-18-14-10-6-2/h9,13,20-22,24-27,31-35,40,43,51,55,69-71,76H,5-8,10-12,14-19,23,28-30,36-39,41-42,44-50,52-54,56-68H2,1-4H3,(H,81,82)(H,83,84)/b13-9-,24-20-,25-21-,26-22-,31-27-,34-32-,35-33-,43-40-,55-51-. The number of aliphatic hydroxyl groups is 1. The Balaban J connectivity index is 5.40. The van der Waals surface area contributed by atoms with Gasteiger partial charge in [-0.1, -0.05) is 240 Å². The number of phosphoric ester groups is 2. The average Bonchev–Trinajstić information content (AvgIpc) is 1.35. The molecule has 0 aromatic heterocycles. The maximum absolute atomic E-state index is 13.0. The van der Waals surface area contributed by atoms with Gasteiger partial charge in [0.25, 0.3) is 0 Å². The van der Waals surface area contributed by atoms with Crippen LogP contribution in [-0.4, -0.2) is 96.7 Å². The highest BCUT2D eigenvalue weighted by molar-refractivity contribution is 7.47. The first-order valence-corrected chi connectivity index (χ1v) is 39.1. The Bertz CT molecular complexity index is 2220. The lowest BCUT2D eigenvalue weighted by molar-refractivity contribution is -0.161. The molecule has 0 amide bonds. The van der Waals surface area contributed by atoms with Gasteiger partial charge in [-0.15, -0.1) is 0 Å². The zero-order valence-corrected chi connectivity index (χ0v) is 60.4. The number of aliphatic hydroxyl groups excluding tert-OH is 1. The number of carbonyl (C=O) groups excluding carboxylic acids is 4. The van der Waals surface area contributed by atoms with Crippen LogP contribution in [0.2, 0.25) is 0 Å². The van der Waals surface area contributed by atoms with Crippen molar-refractivity contribution in [3.63, 3.8) is 0 Å². The first-order valence-electron chi connectivity index (χ1n) is 36.1. The highest BCUT2D eigenvalue weighted by Crippen LogP contribution is 2.45. The van der Waals surface area contributed by atoms with Crippen LogP contribution in [-0.2, 0) is 65.4 Å². The van der Waals surface area contributed by atoms with Gasteiger partial charge in [0.1, 0.15) is 19.3 Å². The lowest BCUT2D eigenvalue weighted by Crippen LogP contribution is -2.30. The summed E-state index contributed by atoms with van der Waals surface area (Å²) in [5.74, 6) is -2.36. The van der Waals surface area contributed by atoms with Crippen LogP contribution < -0.4 is 0 Å². The normalized spacial score (nSPS) is 14.7. The largest absolute Gasteiger partial charge is 0.472 e. The molecule has 0 saturated heterocycles. The van der Waals surface area contributed by atoms with Crippen LogP contribution in [0, 0.1) is 0 Å². The van der Waals surface area contributed by atoms with Crippen molar-refractivity contribution in [3.05, 3.63) is 109 Å². The number of esters is 4. The van der Waals surface area contributed by atoms with E-state index >= 15 is 0 Å². The summed E-state index contributed by atoms with van der Waals surface area (Å²) in [5, 5.41) is 10.6. The molecule has 0 saturated carbocycles. The van der Waals surface area contributed by atoms with E-state index in [0.29, 0.717) is 25.7 Å². The molecule has 0 aliphatic rings. The van der Waals surface area contributed by atoms with Crippen LogP contribution in [0.1, 0.15) is 285 Å². The van der Waals surface area contributed by atoms with E-state index in [4.69, 9.17) is 37.0 Å². The molecule has 0 aromatic carbocycles. The van der Waals surface area contributed by atoms with Crippen LogP contribution in [0.5, 0.6) is 0 Å². The van der Waals surface area contributed by atoms with Crippen LogP contribution in [0.25, 0.3) is 0 Å². The Morgan fingerprint density at radius 3 is 1.01 bits per heavy atom. The smallest absolute Gasteiger partial charge is 0.462 e. The number of hydrogen-bond acceptors (Lipinski definition) is 15. The number of allylic oxidation sites excluding steroid dienone is 17. The molecule has 3 N–H and O–H groups in total. The summed E-state index contributed by atoms with van der Waals surface area (Å²) in [7, 11) is -9.97. The first-order chi connectivity index (χ1) is 45.7. The Kier molecular flexibility index (Phi) is 64.2. The minimum atomic E-state index is -4.99. The van der Waals surface area contributed by atoms with Crippen molar-refractivity contribution in [3.8, 4) is 0 Å². The number of phosphoric acid groups is 2. The van der Waals surface area contributed by atoms with Crippen LogP contribution in [0.3, 0.4) is 0 Å². The first kappa shape index (κ1) is 89.7. The molecule has 0 radical (unpaired) electrons. The van der Waals surface area contributed by atoms with E-state index in [1.54, 1.807) is 6.08 Å². The molecular formula is C75H128O17P2. The fourth-order valence-corrected chi connectivity index (χ4v) is 10.8. The van der Waals surface area contributed by atoms with E-state index in [0.717, 1.165) is 148 Å². The summed E-state index contributed by atoms with van der Waals surface area (Å²) in [5.41, 5.74) is 0. The van der Waals surface area contributed by atoms with Crippen LogP contribution in [0.4, 0.5) is 0 Å². The summed E-state index contributed by atoms with van der Waals surface area (Å²) in [6.07, 6.45) is 69.9. The van der Waals surface area contributed by atoms with Gasteiger partial charge in [-0.2, -0.15) is 0 Å². The van der Waals surface area contributed by atoms with Crippen molar-refractivity contribution in [2.45, 2.75) is 303 Å². The van der Waals surface area contributed by atoms with Gasteiger partial charge < -0.3 is 33.8 Å². The average molecular weight is 1360 g/mol. The summed E-state index contributed by atoms with van der Waals surface area (Å²) in [4.78, 5) is 72.5. The molecule has 0 bridgehead atoms. The third kappa shape index (κ3) is 66.3. The maximum Gasteiger partial charge on any atom is 0.472 e. The second-order valence-corrected chi connectivity index (χ2v) is 26.7. The van der Waals surface area contributed by atoms with Crippen LogP contribution in [0.15, 0.2) is 109 Å². The number of hydrogen-bond donors (Lipinski definition) is 3. The summed E-state index contributed by atoms with van der Waals surface area (Å²) in [6.45, 7) is 4.51. The van der Waals surface area contributed by atoms with E-state index in [9.17, 15) is 43.2 Å². The van der Waals surface area contributed by atoms with Crippen molar-refractivity contribution in [2.75, 3.05) is 39.6 Å². The molecule has 0 spiro atoms. The van der Waals surface area contributed by atoms with Gasteiger partial charge in [0.15, 0.2) is 12.2 Å². The van der Waals surface area contributed by atoms with Crippen molar-refractivity contribution >= 4 is 39.5 Å². The highest BCUT2D eigenvalue weighted by Gasteiger charge is 2.30. The SMILES string of the molecule is CC/C=C\C/C=C\C/C=C\C/C=C\C/C=C\CC(=O)OCC(COP(=O)(O)OCC(O)COP(=O)(O)OCC(COC(=O)CCCCCCC/C=C\C/C=C\CCCCC)OC(=O)CCCCCCC/C=C\CCCCCC)OC(=O)CCCCCCC/C=C\CCCC. The van der Waals surface area contributed by atoms with Crippen molar-refractivity contribution in [2.24, 2.45) is 0 Å². The predicted octanol–water partition coefficient (Wildman–Crippen LogP) is 20.2. The molecule has 17 nitrogen and oxygen atoms in total. The Morgan fingerprint density at radius 1 is 0.319 bits per heavy atom. The fraction of sp³-hybridized carbons (Fsp3) is 0.707. The third-order valence-corrected chi connectivity index (χ3v) is 16.6. The molecule has 94 heavy (non-hydrogen) atoms. The topological polar surface area (TPSA) is 237 Å². The van der Waals surface area contributed by atoms with E-state index in [-0.39, 0.29) is 25.7 Å². The zero-order chi connectivity index (χ0) is 69.0. The van der Waals surface area contributed by atoms with E-state index in [1.807, 2.05) is 18.2 Å². The highest BCUT2D eigenvalue weighted by atomic mass is 31.2. The molecule has 0 aromatic rings. The lowest BCUT2D eigenvalue weighted by atomic mass is 10.1. The van der Waals surface area contributed by atoms with Crippen molar-refractivity contribution in [1.82, 2.24) is 0 Å². The Hall–Kier alpha value is -4.28. The van der Waals surface area contributed by atoms with E-state index in [1.165, 1.54) is 57.8 Å². The molecule has 0 rings (SSSR count). The number of unbranched alkanes of at least 4 members (excludes halogenated alkanes) is 24. The number of rotatable bonds is 67. The van der Waals surface area contributed by atoms with Gasteiger partial charge >= 0.3 is 39.5 Å². The van der Waals surface area contributed by atoms with Gasteiger partial charge in [-0.25, -0.2) is 9.13 Å². The predicted molar refractivity (Wildman–Crippen MR) is 381 cm³/mol. The second kappa shape index (κ2) is 67.3. The quantitative estimate of drug-likeness (QED) is 0.0169. The number of carbonyl (C=O) groups is 4. The van der Waals surface area contributed by atoms with Crippen molar-refractivity contribution in [1.29, 1.82) is 0 Å². The lowest BCUT2D eigenvalue weighted by Gasteiger charge is -2.21. The molecule has 19 heteroatoms. The molecule has 0 heterocycles. The fourth-order valence-electron chi connectivity index (χ4n) is 9.18. The second-order valence-electron chi connectivity index (χ2n) is 23.8. The zero-order valence-electron chi connectivity index (χ0n) is 58.6. The maximum atomic E-state index is 13.0. The van der Waals surface area contributed by atoms with Gasteiger partial charge in [0, 0.05) is 19.3 Å². The molecule has 540 valence electrons. The molecule has 0 fully saturated rings. The summed E-state index contributed by atoms with van der Waals surface area (Å²) in [6, 6.07) is 0. The van der Waals surface area contributed by atoms with Gasteiger partial charge in [0.2, 0.25) is 0 Å². The number of ether oxygens (including phenoxy) is 4. The van der Waals surface area contributed by atoms with Gasteiger partial charge in [-0.05, 0) is 128 Å². The van der Waals surface area contributed by atoms with E-state index in [2.05, 4.69) is 113 Å². The molecule has 0 aliphatic carbocycles. The molecule has 5 atom stereocenters. The minimum Gasteiger partial charge on any atom is -0.462 e. The van der Waals surface area contributed by atoms with Gasteiger partial charge in [0.05, 0.1) is 32.8 Å².